The van der Waals surface area contributed by atoms with Crippen LogP contribution in [0, 0.1) is 5.51 Å². The monoisotopic (exact) mass is 328 g/mol. The summed E-state index contributed by atoms with van der Waals surface area (Å²) in [5.41, 5.74) is 2.85. The molecule has 0 atom stereocenters. The van der Waals surface area contributed by atoms with E-state index in [9.17, 15) is 0 Å². The summed E-state index contributed by atoms with van der Waals surface area (Å²) >= 11 is 1.48. The van der Waals surface area contributed by atoms with E-state index in [2.05, 4.69) is 36.5 Å². The van der Waals surface area contributed by atoms with Crippen LogP contribution in [0.25, 0.3) is 0 Å². The molecule has 4 heteroatoms. The molecule has 1 rings (SSSR count). The summed E-state index contributed by atoms with van der Waals surface area (Å²) in [6, 6.07) is 0. The smallest absolute Gasteiger partial charge is 0 e. The first-order valence-corrected chi connectivity index (χ1v) is 3.62. The van der Waals surface area contributed by atoms with Gasteiger partial charge in [0.2, 0.25) is 0 Å². The van der Waals surface area contributed by atoms with Crippen LogP contribution in [-0.2, 0) is 25.8 Å². The summed E-state index contributed by atoms with van der Waals surface area (Å²) in [4.78, 5) is 0. The van der Waals surface area contributed by atoms with Gasteiger partial charge >= 0.3 is 0 Å². The van der Waals surface area contributed by atoms with Gasteiger partial charge in [0.05, 0.1) is 0 Å². The Morgan fingerprint density at radius 1 is 1.40 bits per heavy atom. The van der Waals surface area contributed by atoms with Crippen molar-refractivity contribution in [2.24, 2.45) is 0 Å². The topological polar surface area (TPSA) is 25.8 Å². The zero-order chi connectivity index (χ0) is 6.91. The molecule has 1 aromatic rings. The van der Waals surface area contributed by atoms with Crippen LogP contribution in [0.15, 0.2) is 0 Å². The number of hydrogen-bond donors (Lipinski definition) is 0. The van der Waals surface area contributed by atoms with Crippen molar-refractivity contribution in [1.29, 1.82) is 0 Å². The first kappa shape index (κ1) is 10.2. The van der Waals surface area contributed by atoms with Crippen LogP contribution in [0.5, 0.6) is 0 Å². The molecule has 1 aromatic heterocycles. The van der Waals surface area contributed by atoms with Crippen molar-refractivity contribution in [1.82, 2.24) is 10.2 Å². The Morgan fingerprint density at radius 3 is 2.20 bits per heavy atom. The molecule has 0 N–H and O–H groups in total. The van der Waals surface area contributed by atoms with Crippen LogP contribution in [0.2, 0.25) is 0 Å². The second-order valence-electron chi connectivity index (χ2n) is 2.95. The SMILES string of the molecule is CC(C)(C)c1nn[c-]s1.[Re]. The summed E-state index contributed by atoms with van der Waals surface area (Å²) in [5, 5.41) is 8.58. The second-order valence-corrected chi connectivity index (χ2v) is 3.72. The zero-order valence-electron chi connectivity index (χ0n) is 6.18. The molecule has 0 saturated heterocycles. The van der Waals surface area contributed by atoms with Gasteiger partial charge in [-0.1, -0.05) is 31.7 Å². The fraction of sp³-hybridized carbons (Fsp3) is 0.667. The van der Waals surface area contributed by atoms with E-state index in [-0.39, 0.29) is 25.8 Å². The van der Waals surface area contributed by atoms with Gasteiger partial charge in [0.15, 0.2) is 0 Å². The molecule has 1 heterocycles. The average molecular weight is 327 g/mol. The molecule has 0 aliphatic rings. The molecule has 0 amide bonds. The molecule has 0 aliphatic carbocycles. The molecule has 1 radical (unpaired) electrons. The predicted molar refractivity (Wildman–Crippen MR) is 37.4 cm³/mol. The van der Waals surface area contributed by atoms with Gasteiger partial charge < -0.3 is 11.3 Å². The summed E-state index contributed by atoms with van der Waals surface area (Å²) < 4.78 is 0. The van der Waals surface area contributed by atoms with Crippen LogP contribution in [-0.4, -0.2) is 10.2 Å². The van der Waals surface area contributed by atoms with Crippen molar-refractivity contribution in [3.05, 3.63) is 10.5 Å². The van der Waals surface area contributed by atoms with Gasteiger partial charge in [-0.15, -0.1) is 0 Å². The maximum Gasteiger partial charge on any atom is 0 e. The van der Waals surface area contributed by atoms with Gasteiger partial charge in [0, 0.05) is 20.4 Å². The molecule has 0 bridgehead atoms. The molecule has 0 unspecified atom stereocenters. The number of aromatic nitrogens is 2. The van der Waals surface area contributed by atoms with Crippen molar-refractivity contribution in [2.75, 3.05) is 0 Å². The third-order valence-corrected chi connectivity index (χ3v) is 2.03. The first-order chi connectivity index (χ1) is 4.11. The van der Waals surface area contributed by atoms with E-state index in [1.165, 1.54) is 11.3 Å². The van der Waals surface area contributed by atoms with E-state index in [1.807, 2.05) is 0 Å². The minimum absolute atomic E-state index is 0. The van der Waals surface area contributed by atoms with E-state index in [4.69, 9.17) is 0 Å². The fourth-order valence-electron chi connectivity index (χ4n) is 0.453. The van der Waals surface area contributed by atoms with Gasteiger partial charge in [-0.05, 0) is 5.01 Å². The van der Waals surface area contributed by atoms with Crippen molar-refractivity contribution in [2.45, 2.75) is 26.2 Å². The van der Waals surface area contributed by atoms with E-state index >= 15 is 0 Å². The fourth-order valence-corrected chi connectivity index (χ4v) is 1.01. The normalized spacial score (nSPS) is 10.7. The third kappa shape index (κ3) is 2.45. The van der Waals surface area contributed by atoms with Crippen molar-refractivity contribution >= 4 is 11.3 Å². The quantitative estimate of drug-likeness (QED) is 0.677. The summed E-state index contributed by atoms with van der Waals surface area (Å²) in [5.74, 6) is 0. The molecule has 0 aromatic carbocycles. The molecule has 0 spiro atoms. The summed E-state index contributed by atoms with van der Waals surface area (Å²) in [6.07, 6.45) is 0. The number of rotatable bonds is 0. The van der Waals surface area contributed by atoms with E-state index < -0.39 is 0 Å². The molecule has 10 heavy (non-hydrogen) atoms. The standard InChI is InChI=1S/C6H9N2S.Re/c1-6(2,3)5-8-7-4-9-5;/h1-3H3;/q-1;. The van der Waals surface area contributed by atoms with Gasteiger partial charge in [0.25, 0.3) is 0 Å². The minimum atomic E-state index is 0. The van der Waals surface area contributed by atoms with Crippen LogP contribution in [0.3, 0.4) is 0 Å². The average Bonchev–Trinajstić information content (AvgIpc) is 2.08. The maximum atomic E-state index is 3.90. The summed E-state index contributed by atoms with van der Waals surface area (Å²) in [6.45, 7) is 6.34. The van der Waals surface area contributed by atoms with Gasteiger partial charge in [-0.2, -0.15) is 0 Å². The zero-order valence-corrected chi connectivity index (χ0v) is 9.71. The second kappa shape index (κ2) is 3.57. The van der Waals surface area contributed by atoms with Crippen LogP contribution in [0.4, 0.5) is 0 Å². The Kier molecular flexibility index (Phi) is 3.65. The first-order valence-electron chi connectivity index (χ1n) is 2.81. The van der Waals surface area contributed by atoms with Crippen molar-refractivity contribution in [3.63, 3.8) is 0 Å². The maximum absolute atomic E-state index is 3.90. The van der Waals surface area contributed by atoms with E-state index in [0.717, 1.165) is 5.01 Å². The summed E-state index contributed by atoms with van der Waals surface area (Å²) in [7, 11) is 0. The van der Waals surface area contributed by atoms with Crippen LogP contribution in [0.1, 0.15) is 25.8 Å². The third-order valence-electron chi connectivity index (χ3n) is 0.966. The molecule has 2 nitrogen and oxygen atoms in total. The number of nitrogens with zero attached hydrogens (tertiary/aromatic N) is 2. The minimum Gasteiger partial charge on any atom is -0.315 e. The Balaban J connectivity index is 0.000000810. The Labute approximate surface area is 78.7 Å². The van der Waals surface area contributed by atoms with Crippen molar-refractivity contribution in [3.8, 4) is 0 Å². The van der Waals surface area contributed by atoms with Gasteiger partial charge in [0.1, 0.15) is 0 Å². The molecular formula is C6H9N2ReS-. The number of hydrogen-bond acceptors (Lipinski definition) is 3. The predicted octanol–water partition coefficient (Wildman–Crippen LogP) is 1.63. The molecular weight excluding hydrogens is 318 g/mol. The van der Waals surface area contributed by atoms with Gasteiger partial charge in [-0.3, -0.25) is 10.2 Å². The Bertz CT molecular complexity index is 178. The molecule has 0 saturated carbocycles. The van der Waals surface area contributed by atoms with Crippen LogP contribution < -0.4 is 0 Å². The molecule has 0 aliphatic heterocycles. The van der Waals surface area contributed by atoms with Crippen molar-refractivity contribution < 1.29 is 20.4 Å². The molecule has 0 fully saturated rings. The Morgan fingerprint density at radius 2 is 2.00 bits per heavy atom. The van der Waals surface area contributed by atoms with Gasteiger partial charge in [-0.25, -0.2) is 0 Å². The van der Waals surface area contributed by atoms with E-state index in [1.54, 1.807) is 0 Å². The largest absolute Gasteiger partial charge is 0.315 e. The molecule has 57 valence electrons. The van der Waals surface area contributed by atoms with E-state index in [0.29, 0.717) is 0 Å². The Hall–Kier alpha value is 0.222. The van der Waals surface area contributed by atoms with Crippen LogP contribution >= 0.6 is 11.3 Å².